The summed E-state index contributed by atoms with van der Waals surface area (Å²) in [6, 6.07) is 17.3. The Labute approximate surface area is 191 Å². The normalized spacial score (nSPS) is 16.8. The van der Waals surface area contributed by atoms with E-state index in [-0.39, 0.29) is 23.3 Å². The summed E-state index contributed by atoms with van der Waals surface area (Å²) in [7, 11) is -3.71. The molecule has 1 fully saturated rings. The number of hydrogen-bond acceptors (Lipinski definition) is 5. The number of hydrogen-bond donors (Lipinski definition) is 2. The van der Waals surface area contributed by atoms with E-state index in [2.05, 4.69) is 9.71 Å². The molecule has 3 heterocycles. The standard InChI is InChI=1S/C24H24N4O4S/c29-24(17-9-11-20(12-10-17)33(30,31)25-15-19-6-4-14-32-19)28-13-3-5-18(16-28)23-26-21-7-1-2-8-22(21)27-23/h1-2,4,6-12,14,18,25H,3,5,13,15-16H2,(H,26,27). The summed E-state index contributed by atoms with van der Waals surface area (Å²) in [5.74, 6) is 1.45. The van der Waals surface area contributed by atoms with Crippen LogP contribution in [-0.2, 0) is 16.6 Å². The minimum atomic E-state index is -3.71. The Balaban J connectivity index is 1.26. The quantitative estimate of drug-likeness (QED) is 0.453. The summed E-state index contributed by atoms with van der Waals surface area (Å²) in [6.45, 7) is 1.30. The number of piperidine rings is 1. The van der Waals surface area contributed by atoms with Gasteiger partial charge in [0.15, 0.2) is 0 Å². The van der Waals surface area contributed by atoms with Crippen LogP contribution >= 0.6 is 0 Å². The molecule has 170 valence electrons. The van der Waals surface area contributed by atoms with Crippen molar-refractivity contribution >= 4 is 27.0 Å². The van der Waals surface area contributed by atoms with E-state index in [0.29, 0.717) is 24.4 Å². The van der Waals surface area contributed by atoms with Gasteiger partial charge in [0.1, 0.15) is 11.6 Å². The zero-order valence-electron chi connectivity index (χ0n) is 17.9. The maximum absolute atomic E-state index is 13.1. The van der Waals surface area contributed by atoms with E-state index in [1.807, 2.05) is 29.2 Å². The van der Waals surface area contributed by atoms with Crippen molar-refractivity contribution in [2.75, 3.05) is 13.1 Å². The summed E-state index contributed by atoms with van der Waals surface area (Å²) in [5, 5.41) is 0. The third-order valence-corrected chi connectivity index (χ3v) is 7.35. The zero-order chi connectivity index (χ0) is 22.8. The number of aromatic amines is 1. The molecular formula is C24H24N4O4S. The lowest BCUT2D eigenvalue weighted by Crippen LogP contribution is -2.39. The molecule has 1 atom stereocenters. The smallest absolute Gasteiger partial charge is 0.253 e. The Morgan fingerprint density at radius 2 is 1.94 bits per heavy atom. The highest BCUT2D eigenvalue weighted by Crippen LogP contribution is 2.27. The molecule has 4 aromatic rings. The first-order chi connectivity index (χ1) is 16.0. The highest BCUT2D eigenvalue weighted by Gasteiger charge is 2.27. The van der Waals surface area contributed by atoms with Crippen LogP contribution in [0.4, 0.5) is 0 Å². The molecule has 2 aromatic carbocycles. The molecule has 0 saturated carbocycles. The number of H-pyrrole nitrogens is 1. The largest absolute Gasteiger partial charge is 0.468 e. The summed E-state index contributed by atoms with van der Waals surface area (Å²) >= 11 is 0. The fourth-order valence-corrected chi connectivity index (χ4v) is 5.17. The molecule has 2 N–H and O–H groups in total. The number of imidazole rings is 1. The molecule has 9 heteroatoms. The van der Waals surface area contributed by atoms with Gasteiger partial charge >= 0.3 is 0 Å². The number of benzene rings is 2. The van der Waals surface area contributed by atoms with E-state index in [9.17, 15) is 13.2 Å². The molecule has 0 bridgehead atoms. The summed E-state index contributed by atoms with van der Waals surface area (Å²) < 4.78 is 32.7. The lowest BCUT2D eigenvalue weighted by Gasteiger charge is -2.32. The Morgan fingerprint density at radius 1 is 1.12 bits per heavy atom. The van der Waals surface area contributed by atoms with Gasteiger partial charge < -0.3 is 14.3 Å². The molecule has 1 aliphatic rings. The van der Waals surface area contributed by atoms with Crippen molar-refractivity contribution in [3.05, 3.63) is 84.1 Å². The zero-order valence-corrected chi connectivity index (χ0v) is 18.7. The number of amides is 1. The number of likely N-dealkylation sites (tertiary alicyclic amines) is 1. The second-order valence-electron chi connectivity index (χ2n) is 8.16. The molecule has 8 nitrogen and oxygen atoms in total. The first-order valence-corrected chi connectivity index (χ1v) is 12.3. The Kier molecular flexibility index (Phi) is 5.74. The predicted octanol–water partition coefficient (Wildman–Crippen LogP) is 3.65. The van der Waals surface area contributed by atoms with Crippen molar-refractivity contribution in [2.45, 2.75) is 30.2 Å². The molecule has 5 rings (SSSR count). The van der Waals surface area contributed by atoms with E-state index >= 15 is 0 Å². The average Bonchev–Trinajstić information content (AvgIpc) is 3.52. The summed E-state index contributed by atoms with van der Waals surface area (Å²) in [6.07, 6.45) is 3.34. The van der Waals surface area contributed by atoms with Gasteiger partial charge in [-0.15, -0.1) is 0 Å². The molecule has 0 radical (unpaired) electrons. The van der Waals surface area contributed by atoms with Gasteiger partial charge in [-0.3, -0.25) is 4.79 Å². The van der Waals surface area contributed by atoms with Crippen LogP contribution in [0.1, 0.15) is 40.7 Å². The molecule has 0 spiro atoms. The Hall–Kier alpha value is -3.43. The summed E-state index contributed by atoms with van der Waals surface area (Å²) in [4.78, 5) is 23.1. The molecule has 2 aromatic heterocycles. The van der Waals surface area contributed by atoms with Crippen molar-refractivity contribution in [1.29, 1.82) is 0 Å². The van der Waals surface area contributed by atoms with Crippen LogP contribution in [0.5, 0.6) is 0 Å². The SMILES string of the molecule is O=C(c1ccc(S(=O)(=O)NCc2ccco2)cc1)N1CCCC(c2nc3ccccc3[nH]2)C1. The second kappa shape index (κ2) is 8.84. The number of fused-ring (bicyclic) bond motifs is 1. The van der Waals surface area contributed by atoms with Crippen LogP contribution < -0.4 is 4.72 Å². The number of furan rings is 1. The Morgan fingerprint density at radius 3 is 2.70 bits per heavy atom. The molecule has 1 saturated heterocycles. The van der Waals surface area contributed by atoms with Gasteiger partial charge in [0.25, 0.3) is 5.91 Å². The third kappa shape index (κ3) is 4.55. The lowest BCUT2D eigenvalue weighted by atomic mass is 9.96. The topological polar surface area (TPSA) is 108 Å². The van der Waals surface area contributed by atoms with Crippen molar-refractivity contribution < 1.29 is 17.6 Å². The maximum Gasteiger partial charge on any atom is 0.253 e. The van der Waals surface area contributed by atoms with E-state index in [1.54, 1.807) is 24.3 Å². The predicted molar refractivity (Wildman–Crippen MR) is 123 cm³/mol. The molecule has 1 aliphatic heterocycles. The van der Waals surface area contributed by atoms with Crippen LogP contribution in [0.15, 0.2) is 76.2 Å². The van der Waals surface area contributed by atoms with Gasteiger partial charge in [0.2, 0.25) is 10.0 Å². The number of carbonyl (C=O) groups is 1. The van der Waals surface area contributed by atoms with E-state index < -0.39 is 10.0 Å². The van der Waals surface area contributed by atoms with E-state index in [1.165, 1.54) is 18.4 Å². The van der Waals surface area contributed by atoms with Gasteiger partial charge in [-0.25, -0.2) is 18.1 Å². The van der Waals surface area contributed by atoms with E-state index in [4.69, 9.17) is 9.40 Å². The van der Waals surface area contributed by atoms with Gasteiger partial charge in [-0.05, 0) is 61.4 Å². The second-order valence-corrected chi connectivity index (χ2v) is 9.92. The number of nitrogens with one attached hydrogen (secondary N) is 2. The van der Waals surface area contributed by atoms with Crippen molar-refractivity contribution in [1.82, 2.24) is 19.6 Å². The number of rotatable bonds is 6. The molecule has 1 unspecified atom stereocenters. The number of para-hydroxylation sites is 2. The summed E-state index contributed by atoms with van der Waals surface area (Å²) in [5.41, 5.74) is 2.38. The van der Waals surface area contributed by atoms with Crippen LogP contribution in [0.25, 0.3) is 11.0 Å². The first kappa shape index (κ1) is 21.4. The van der Waals surface area contributed by atoms with Crippen LogP contribution in [0.2, 0.25) is 0 Å². The van der Waals surface area contributed by atoms with Crippen LogP contribution in [-0.4, -0.2) is 42.3 Å². The maximum atomic E-state index is 13.1. The van der Waals surface area contributed by atoms with Crippen LogP contribution in [0, 0.1) is 0 Å². The fourth-order valence-electron chi connectivity index (χ4n) is 4.17. The van der Waals surface area contributed by atoms with Gasteiger partial charge in [0.05, 0.1) is 28.7 Å². The van der Waals surface area contributed by atoms with Gasteiger partial charge in [-0.1, -0.05) is 12.1 Å². The van der Waals surface area contributed by atoms with Gasteiger partial charge in [-0.2, -0.15) is 0 Å². The molecular weight excluding hydrogens is 440 g/mol. The molecule has 0 aliphatic carbocycles. The highest BCUT2D eigenvalue weighted by atomic mass is 32.2. The van der Waals surface area contributed by atoms with Crippen molar-refractivity contribution in [2.24, 2.45) is 0 Å². The first-order valence-electron chi connectivity index (χ1n) is 10.9. The fraction of sp³-hybridized carbons (Fsp3) is 0.250. The monoisotopic (exact) mass is 464 g/mol. The number of sulfonamides is 1. The minimum Gasteiger partial charge on any atom is -0.468 e. The number of carbonyl (C=O) groups excluding carboxylic acids is 1. The highest BCUT2D eigenvalue weighted by molar-refractivity contribution is 7.89. The number of nitrogens with zero attached hydrogens (tertiary/aromatic N) is 2. The minimum absolute atomic E-state index is 0.0625. The van der Waals surface area contributed by atoms with E-state index in [0.717, 1.165) is 29.7 Å². The molecule has 1 amide bonds. The number of aromatic nitrogens is 2. The Bertz CT molecular complexity index is 1330. The lowest BCUT2D eigenvalue weighted by molar-refractivity contribution is 0.0705. The average molecular weight is 465 g/mol. The van der Waals surface area contributed by atoms with Gasteiger partial charge in [0, 0.05) is 24.6 Å². The van der Waals surface area contributed by atoms with Crippen molar-refractivity contribution in [3.8, 4) is 0 Å². The molecule has 33 heavy (non-hydrogen) atoms. The van der Waals surface area contributed by atoms with Crippen molar-refractivity contribution in [3.63, 3.8) is 0 Å². The third-order valence-electron chi connectivity index (χ3n) is 5.93. The van der Waals surface area contributed by atoms with Crippen LogP contribution in [0.3, 0.4) is 0 Å².